The first-order chi connectivity index (χ1) is 12.2. The summed E-state index contributed by atoms with van der Waals surface area (Å²) < 4.78 is 6.04. The minimum absolute atomic E-state index is 0.0593. The number of carbonyl (C=O) groups excluding carboxylic acids is 1. The molecule has 0 bridgehead atoms. The zero-order valence-corrected chi connectivity index (χ0v) is 16.5. The van der Waals surface area contributed by atoms with Gasteiger partial charge in [-0.3, -0.25) is 4.79 Å². The average Bonchev–Trinajstić information content (AvgIpc) is 2.90. The van der Waals surface area contributed by atoms with Crippen LogP contribution in [0.3, 0.4) is 0 Å². The number of hydrogen-bond donors (Lipinski definition) is 1. The predicted octanol–water partition coefficient (Wildman–Crippen LogP) is 5.21. The molecule has 1 N–H and O–H groups in total. The summed E-state index contributed by atoms with van der Waals surface area (Å²) in [6.45, 7) is 8.19. The second-order valence-electron chi connectivity index (χ2n) is 10.1. The molecule has 0 aliphatic heterocycles. The molecule has 1 aromatic rings. The van der Waals surface area contributed by atoms with Gasteiger partial charge in [0.1, 0.15) is 11.9 Å². The van der Waals surface area contributed by atoms with Gasteiger partial charge >= 0.3 is 5.97 Å². The highest BCUT2D eigenvalue weighted by Gasteiger charge is 2.56. The van der Waals surface area contributed by atoms with Gasteiger partial charge in [-0.15, -0.1) is 0 Å². The Labute approximate surface area is 157 Å². The van der Waals surface area contributed by atoms with Gasteiger partial charge in [-0.2, -0.15) is 0 Å². The fourth-order valence-corrected chi connectivity index (χ4v) is 6.02. The van der Waals surface area contributed by atoms with Gasteiger partial charge in [-0.25, -0.2) is 0 Å². The van der Waals surface area contributed by atoms with Crippen LogP contribution in [0, 0.1) is 22.7 Å². The Balaban J connectivity index is 1.57. The third kappa shape index (κ3) is 2.75. The van der Waals surface area contributed by atoms with Gasteiger partial charge < -0.3 is 9.84 Å². The normalized spacial score (nSPS) is 36.0. The zero-order valence-electron chi connectivity index (χ0n) is 16.5. The largest absolute Gasteiger partial charge is 0.508 e. The number of ether oxygens (including phenoxy) is 1. The van der Waals surface area contributed by atoms with Crippen molar-refractivity contribution in [2.45, 2.75) is 78.2 Å². The maximum absolute atomic E-state index is 12.5. The Morgan fingerprint density at radius 1 is 1.19 bits per heavy atom. The van der Waals surface area contributed by atoms with E-state index >= 15 is 0 Å². The molecule has 5 atom stereocenters. The molecule has 3 aliphatic carbocycles. The van der Waals surface area contributed by atoms with Crippen LogP contribution in [-0.2, 0) is 16.0 Å². The Bertz CT molecular complexity index is 717. The van der Waals surface area contributed by atoms with Crippen molar-refractivity contribution in [1.29, 1.82) is 0 Å². The number of phenolic OH excluding ortho intramolecular Hbond substituents is 1. The first-order valence-corrected chi connectivity index (χ1v) is 10.2. The van der Waals surface area contributed by atoms with Crippen molar-refractivity contribution in [3.05, 3.63) is 29.3 Å². The van der Waals surface area contributed by atoms with Gasteiger partial charge in [0.05, 0.1) is 5.41 Å². The molecule has 0 amide bonds. The molecular weight excluding hydrogens is 324 g/mol. The molecule has 0 unspecified atom stereocenters. The number of fused-ring (bicyclic) bond motifs is 5. The van der Waals surface area contributed by atoms with Crippen LogP contribution in [-0.4, -0.2) is 17.2 Å². The summed E-state index contributed by atoms with van der Waals surface area (Å²) >= 11 is 0. The molecule has 0 aromatic heterocycles. The standard InChI is InChI=1S/C23H32O3/c1-22(2,3)21(25)26-20-10-9-19-18-7-5-14-13-15(24)6-8-16(14)17(18)11-12-23(19,20)4/h6,8,13,17-20,24H,5,7,9-12H2,1-4H3/t17-,18-,19-,20-,23-/m0/s1. The van der Waals surface area contributed by atoms with Crippen LogP contribution in [0.25, 0.3) is 0 Å². The fourth-order valence-electron chi connectivity index (χ4n) is 6.02. The molecule has 3 nitrogen and oxygen atoms in total. The number of carbonyl (C=O) groups is 1. The third-order valence-corrected chi connectivity index (χ3v) is 7.48. The topological polar surface area (TPSA) is 46.5 Å². The van der Waals surface area contributed by atoms with Gasteiger partial charge in [0.15, 0.2) is 0 Å². The summed E-state index contributed by atoms with van der Waals surface area (Å²) in [5, 5.41) is 9.81. The minimum atomic E-state index is -0.433. The molecule has 0 heterocycles. The van der Waals surface area contributed by atoms with E-state index in [0.717, 1.165) is 19.3 Å². The quantitative estimate of drug-likeness (QED) is 0.703. The fraction of sp³-hybridized carbons (Fsp3) is 0.696. The van der Waals surface area contributed by atoms with Crippen molar-refractivity contribution < 1.29 is 14.6 Å². The summed E-state index contributed by atoms with van der Waals surface area (Å²) in [7, 11) is 0. The lowest BCUT2D eigenvalue weighted by atomic mass is 9.55. The second kappa shape index (κ2) is 6.00. The van der Waals surface area contributed by atoms with E-state index in [9.17, 15) is 9.90 Å². The van der Waals surface area contributed by atoms with E-state index in [1.165, 1.54) is 30.4 Å². The van der Waals surface area contributed by atoms with Gasteiger partial charge in [-0.05, 0) is 100 Å². The van der Waals surface area contributed by atoms with Crippen LogP contribution < -0.4 is 0 Å². The molecule has 1 aromatic carbocycles. The monoisotopic (exact) mass is 356 g/mol. The summed E-state index contributed by atoms with van der Waals surface area (Å²) in [4.78, 5) is 12.5. The zero-order chi connectivity index (χ0) is 18.7. The lowest BCUT2D eigenvalue weighted by molar-refractivity contribution is -0.167. The molecule has 0 radical (unpaired) electrons. The molecule has 2 saturated carbocycles. The lowest BCUT2D eigenvalue weighted by Crippen LogP contribution is -2.46. The predicted molar refractivity (Wildman–Crippen MR) is 102 cm³/mol. The first-order valence-electron chi connectivity index (χ1n) is 10.2. The lowest BCUT2D eigenvalue weighted by Gasteiger charge is -2.50. The van der Waals surface area contributed by atoms with Crippen LogP contribution in [0.4, 0.5) is 0 Å². The number of benzene rings is 1. The molecule has 3 heteroatoms. The van der Waals surface area contributed by atoms with Crippen LogP contribution in [0.15, 0.2) is 18.2 Å². The van der Waals surface area contributed by atoms with E-state index < -0.39 is 5.41 Å². The van der Waals surface area contributed by atoms with E-state index in [1.54, 1.807) is 0 Å². The van der Waals surface area contributed by atoms with E-state index in [4.69, 9.17) is 4.74 Å². The Kier molecular flexibility index (Phi) is 4.13. The molecule has 4 rings (SSSR count). The Morgan fingerprint density at radius 2 is 1.96 bits per heavy atom. The maximum atomic E-state index is 12.5. The van der Waals surface area contributed by atoms with Gasteiger partial charge in [-0.1, -0.05) is 13.0 Å². The summed E-state index contributed by atoms with van der Waals surface area (Å²) in [6.07, 6.45) is 6.80. The van der Waals surface area contributed by atoms with E-state index in [1.807, 2.05) is 32.9 Å². The van der Waals surface area contributed by atoms with Gasteiger partial charge in [0.25, 0.3) is 0 Å². The Morgan fingerprint density at radius 3 is 2.69 bits per heavy atom. The molecule has 142 valence electrons. The SMILES string of the molecule is CC(C)(C)C(=O)O[C@H]1CC[C@H]2[C@H]3CCc4cc(O)ccc4[C@@H]3CC[C@]12C. The van der Waals surface area contributed by atoms with Crippen LogP contribution >= 0.6 is 0 Å². The molecule has 0 saturated heterocycles. The number of phenols is 1. The Hall–Kier alpha value is -1.51. The smallest absolute Gasteiger partial charge is 0.311 e. The van der Waals surface area contributed by atoms with Crippen molar-refractivity contribution in [3.63, 3.8) is 0 Å². The van der Waals surface area contributed by atoms with Crippen LogP contribution in [0.2, 0.25) is 0 Å². The van der Waals surface area contributed by atoms with Crippen molar-refractivity contribution in [2.75, 3.05) is 0 Å². The molecule has 3 aliphatic rings. The highest BCUT2D eigenvalue weighted by molar-refractivity contribution is 5.75. The summed E-state index contributed by atoms with van der Waals surface area (Å²) in [5.41, 5.74) is 2.48. The van der Waals surface area contributed by atoms with Gasteiger partial charge in [0.2, 0.25) is 0 Å². The summed E-state index contributed by atoms with van der Waals surface area (Å²) in [6, 6.07) is 5.95. The third-order valence-electron chi connectivity index (χ3n) is 7.48. The number of hydrogen-bond acceptors (Lipinski definition) is 3. The van der Waals surface area contributed by atoms with E-state index in [0.29, 0.717) is 23.5 Å². The van der Waals surface area contributed by atoms with Crippen molar-refractivity contribution >= 4 is 5.97 Å². The summed E-state index contributed by atoms with van der Waals surface area (Å²) in [5.74, 6) is 2.26. The highest BCUT2D eigenvalue weighted by Crippen LogP contribution is 2.61. The number of esters is 1. The molecular formula is C23H32O3. The minimum Gasteiger partial charge on any atom is -0.508 e. The van der Waals surface area contributed by atoms with E-state index in [-0.39, 0.29) is 17.5 Å². The highest BCUT2D eigenvalue weighted by atomic mass is 16.5. The van der Waals surface area contributed by atoms with Crippen molar-refractivity contribution in [3.8, 4) is 5.75 Å². The van der Waals surface area contributed by atoms with E-state index in [2.05, 4.69) is 13.0 Å². The average molecular weight is 357 g/mol. The van der Waals surface area contributed by atoms with Crippen molar-refractivity contribution in [2.24, 2.45) is 22.7 Å². The first kappa shape index (κ1) is 17.9. The van der Waals surface area contributed by atoms with Crippen LogP contribution in [0.1, 0.15) is 76.8 Å². The molecule has 0 spiro atoms. The number of aromatic hydroxyl groups is 1. The number of aryl methyl sites for hydroxylation is 1. The van der Waals surface area contributed by atoms with Gasteiger partial charge in [0, 0.05) is 5.41 Å². The molecule has 2 fully saturated rings. The van der Waals surface area contributed by atoms with Crippen LogP contribution in [0.5, 0.6) is 5.75 Å². The number of rotatable bonds is 1. The maximum Gasteiger partial charge on any atom is 0.311 e. The second-order valence-corrected chi connectivity index (χ2v) is 10.1. The molecule has 26 heavy (non-hydrogen) atoms. The van der Waals surface area contributed by atoms with Crippen molar-refractivity contribution in [1.82, 2.24) is 0 Å².